The van der Waals surface area contributed by atoms with Gasteiger partial charge in [0.1, 0.15) is 12.9 Å². The summed E-state index contributed by atoms with van der Waals surface area (Å²) < 4.78 is 1.47. The highest BCUT2D eigenvalue weighted by molar-refractivity contribution is 5.88. The lowest BCUT2D eigenvalue weighted by Gasteiger charge is -2.19. The molecular weight excluding hydrogens is 332 g/mol. The standard InChI is InChI=1S/C15H26N6O2.ClH/c1-12(16)6-7-13(22)18-15-17-11-21(19-15)10-14(23)20-8-4-2-3-5-9-20;/h11-12H,2-10,16H2,1H3,(H,18,19,22);1H. The van der Waals surface area contributed by atoms with Crippen LogP contribution in [0.25, 0.3) is 0 Å². The molecule has 1 aliphatic rings. The zero-order valence-corrected chi connectivity index (χ0v) is 14.9. The second kappa shape index (κ2) is 10.2. The van der Waals surface area contributed by atoms with Gasteiger partial charge in [-0.1, -0.05) is 12.8 Å². The zero-order chi connectivity index (χ0) is 16.7. The molecule has 0 spiro atoms. The van der Waals surface area contributed by atoms with Crippen LogP contribution in [0, 0.1) is 0 Å². The molecule has 2 rings (SSSR count). The second-order valence-electron chi connectivity index (χ2n) is 6.12. The first-order valence-electron chi connectivity index (χ1n) is 8.27. The van der Waals surface area contributed by atoms with E-state index in [1.54, 1.807) is 0 Å². The van der Waals surface area contributed by atoms with Crippen molar-refractivity contribution in [2.75, 3.05) is 18.4 Å². The Morgan fingerprint density at radius 3 is 2.58 bits per heavy atom. The minimum Gasteiger partial charge on any atom is -0.341 e. The first-order chi connectivity index (χ1) is 11.0. The number of amides is 2. The van der Waals surface area contributed by atoms with Gasteiger partial charge in [-0.15, -0.1) is 17.5 Å². The van der Waals surface area contributed by atoms with E-state index in [0.717, 1.165) is 25.9 Å². The first-order valence-corrected chi connectivity index (χ1v) is 8.27. The number of nitrogens with one attached hydrogen (secondary N) is 1. The van der Waals surface area contributed by atoms with Gasteiger partial charge in [0.05, 0.1) is 0 Å². The van der Waals surface area contributed by atoms with Crippen LogP contribution in [-0.4, -0.2) is 50.6 Å². The summed E-state index contributed by atoms with van der Waals surface area (Å²) in [7, 11) is 0. The third-order valence-corrected chi connectivity index (χ3v) is 3.87. The molecule has 0 saturated carbocycles. The average Bonchev–Trinajstić information content (AvgIpc) is 2.77. The number of hydrogen-bond donors (Lipinski definition) is 2. The predicted octanol–water partition coefficient (Wildman–Crippen LogP) is 1.17. The molecule has 3 N–H and O–H groups in total. The smallest absolute Gasteiger partial charge is 0.248 e. The Morgan fingerprint density at radius 2 is 1.96 bits per heavy atom. The summed E-state index contributed by atoms with van der Waals surface area (Å²) in [4.78, 5) is 29.9. The number of carbonyl (C=O) groups excluding carboxylic acids is 2. The van der Waals surface area contributed by atoms with Gasteiger partial charge in [0.2, 0.25) is 17.8 Å². The van der Waals surface area contributed by atoms with Crippen molar-refractivity contribution in [2.24, 2.45) is 5.73 Å². The molecule has 24 heavy (non-hydrogen) atoms. The molecule has 0 aromatic carbocycles. The first kappa shape index (κ1) is 20.4. The van der Waals surface area contributed by atoms with Gasteiger partial charge in [-0.3, -0.25) is 14.9 Å². The van der Waals surface area contributed by atoms with Crippen molar-refractivity contribution in [3.63, 3.8) is 0 Å². The molecule has 1 saturated heterocycles. The van der Waals surface area contributed by atoms with Gasteiger partial charge in [-0.25, -0.2) is 9.67 Å². The molecule has 2 heterocycles. The Bertz CT molecular complexity index is 526. The number of rotatable bonds is 6. The Hall–Kier alpha value is -1.67. The lowest BCUT2D eigenvalue weighted by molar-refractivity contribution is -0.132. The topological polar surface area (TPSA) is 106 Å². The molecule has 0 bridgehead atoms. The van der Waals surface area contributed by atoms with E-state index in [4.69, 9.17) is 5.73 Å². The second-order valence-corrected chi connectivity index (χ2v) is 6.12. The maximum Gasteiger partial charge on any atom is 0.248 e. The minimum absolute atomic E-state index is 0. The molecule has 9 heteroatoms. The van der Waals surface area contributed by atoms with E-state index in [1.807, 2.05) is 11.8 Å². The zero-order valence-electron chi connectivity index (χ0n) is 14.1. The molecular formula is C15H27ClN6O2. The van der Waals surface area contributed by atoms with Crippen molar-refractivity contribution in [2.45, 2.75) is 58.0 Å². The third kappa shape index (κ3) is 6.84. The number of likely N-dealkylation sites (tertiary alicyclic amines) is 1. The molecule has 2 amide bonds. The van der Waals surface area contributed by atoms with Crippen LogP contribution < -0.4 is 11.1 Å². The molecule has 1 fully saturated rings. The van der Waals surface area contributed by atoms with Gasteiger partial charge in [0.25, 0.3) is 0 Å². The largest absolute Gasteiger partial charge is 0.341 e. The summed E-state index contributed by atoms with van der Waals surface area (Å²) in [5.74, 6) is 0.105. The molecule has 1 aliphatic heterocycles. The summed E-state index contributed by atoms with van der Waals surface area (Å²) in [5.41, 5.74) is 5.62. The molecule has 8 nitrogen and oxygen atoms in total. The maximum absolute atomic E-state index is 12.3. The number of halogens is 1. The van der Waals surface area contributed by atoms with Crippen molar-refractivity contribution >= 4 is 30.2 Å². The van der Waals surface area contributed by atoms with Crippen molar-refractivity contribution in [1.29, 1.82) is 0 Å². The number of nitrogens with zero attached hydrogens (tertiary/aromatic N) is 4. The van der Waals surface area contributed by atoms with Crippen LogP contribution in [-0.2, 0) is 16.1 Å². The molecule has 0 aliphatic carbocycles. The van der Waals surface area contributed by atoms with Crippen LogP contribution in [0.4, 0.5) is 5.95 Å². The molecule has 1 unspecified atom stereocenters. The van der Waals surface area contributed by atoms with Gasteiger partial charge in [0, 0.05) is 25.6 Å². The van der Waals surface area contributed by atoms with Gasteiger partial charge < -0.3 is 10.6 Å². The summed E-state index contributed by atoms with van der Waals surface area (Å²) >= 11 is 0. The van der Waals surface area contributed by atoms with Crippen molar-refractivity contribution < 1.29 is 9.59 Å². The highest BCUT2D eigenvalue weighted by Gasteiger charge is 2.16. The van der Waals surface area contributed by atoms with Crippen LogP contribution in [0.1, 0.15) is 45.4 Å². The van der Waals surface area contributed by atoms with Gasteiger partial charge in [-0.05, 0) is 26.2 Å². The summed E-state index contributed by atoms with van der Waals surface area (Å²) in [5, 5.41) is 6.75. The lowest BCUT2D eigenvalue weighted by Crippen LogP contribution is -2.34. The normalized spacial score (nSPS) is 16.0. The monoisotopic (exact) mass is 358 g/mol. The molecule has 1 atom stereocenters. The Balaban J connectivity index is 0.00000288. The maximum atomic E-state index is 12.3. The Kier molecular flexibility index (Phi) is 8.70. The van der Waals surface area contributed by atoms with Crippen LogP contribution in [0.5, 0.6) is 0 Å². The number of aromatic nitrogens is 3. The van der Waals surface area contributed by atoms with Crippen LogP contribution in [0.15, 0.2) is 6.33 Å². The van der Waals surface area contributed by atoms with E-state index in [9.17, 15) is 9.59 Å². The molecule has 0 radical (unpaired) electrons. The van der Waals surface area contributed by atoms with Gasteiger partial charge >= 0.3 is 0 Å². The fourth-order valence-corrected chi connectivity index (χ4v) is 2.53. The SMILES string of the molecule is CC(N)CCC(=O)Nc1ncn(CC(=O)N2CCCCCC2)n1.Cl. The highest BCUT2D eigenvalue weighted by Crippen LogP contribution is 2.10. The Morgan fingerprint density at radius 1 is 1.29 bits per heavy atom. The molecule has 136 valence electrons. The van der Waals surface area contributed by atoms with Crippen molar-refractivity contribution in [1.82, 2.24) is 19.7 Å². The van der Waals surface area contributed by atoms with E-state index < -0.39 is 0 Å². The van der Waals surface area contributed by atoms with Crippen molar-refractivity contribution in [3.05, 3.63) is 6.33 Å². The van der Waals surface area contributed by atoms with Gasteiger partial charge in [-0.2, -0.15) is 0 Å². The van der Waals surface area contributed by atoms with E-state index in [2.05, 4.69) is 15.4 Å². The summed E-state index contributed by atoms with van der Waals surface area (Å²) in [6, 6.07) is -0.0162. The summed E-state index contributed by atoms with van der Waals surface area (Å²) in [6.07, 6.45) is 6.90. The van der Waals surface area contributed by atoms with E-state index in [1.165, 1.54) is 23.9 Å². The predicted molar refractivity (Wildman–Crippen MR) is 93.8 cm³/mol. The van der Waals surface area contributed by atoms with E-state index in [0.29, 0.717) is 12.8 Å². The number of nitrogens with two attached hydrogens (primary N) is 1. The Labute approximate surface area is 148 Å². The lowest BCUT2D eigenvalue weighted by atomic mass is 10.2. The quantitative estimate of drug-likeness (QED) is 0.793. The van der Waals surface area contributed by atoms with E-state index >= 15 is 0 Å². The van der Waals surface area contributed by atoms with Crippen molar-refractivity contribution in [3.8, 4) is 0 Å². The fourth-order valence-electron chi connectivity index (χ4n) is 2.53. The minimum atomic E-state index is -0.168. The number of hydrogen-bond acceptors (Lipinski definition) is 5. The molecule has 1 aromatic rings. The highest BCUT2D eigenvalue weighted by atomic mass is 35.5. The fraction of sp³-hybridized carbons (Fsp3) is 0.733. The van der Waals surface area contributed by atoms with E-state index in [-0.39, 0.29) is 42.8 Å². The molecule has 1 aromatic heterocycles. The van der Waals surface area contributed by atoms with Gasteiger partial charge in [0.15, 0.2) is 0 Å². The van der Waals surface area contributed by atoms with Crippen LogP contribution in [0.2, 0.25) is 0 Å². The summed E-state index contributed by atoms with van der Waals surface area (Å²) in [6.45, 7) is 3.64. The average molecular weight is 359 g/mol. The number of carbonyl (C=O) groups is 2. The number of anilines is 1. The van der Waals surface area contributed by atoms with Crippen LogP contribution in [0.3, 0.4) is 0 Å². The third-order valence-electron chi connectivity index (χ3n) is 3.87. The van der Waals surface area contributed by atoms with Crippen LogP contribution >= 0.6 is 12.4 Å².